The van der Waals surface area contributed by atoms with Gasteiger partial charge in [-0.05, 0) is 44.0 Å². The van der Waals surface area contributed by atoms with Gasteiger partial charge in [0, 0.05) is 6.54 Å². The summed E-state index contributed by atoms with van der Waals surface area (Å²) in [5.74, 6) is 1.33. The number of aryl methyl sites for hydroxylation is 1. The van der Waals surface area contributed by atoms with Crippen molar-refractivity contribution in [1.82, 2.24) is 24.4 Å². The quantitative estimate of drug-likeness (QED) is 0.473. The summed E-state index contributed by atoms with van der Waals surface area (Å²) in [5.41, 5.74) is 2.42. The van der Waals surface area contributed by atoms with Gasteiger partial charge in [-0.25, -0.2) is 13.4 Å². The highest BCUT2D eigenvalue weighted by Crippen LogP contribution is 2.34. The number of ether oxygens (including phenoxy) is 1. The van der Waals surface area contributed by atoms with E-state index < -0.39 is 16.1 Å². The minimum absolute atomic E-state index is 0.0722. The lowest BCUT2D eigenvalue weighted by atomic mass is 10.0. The molecule has 3 heterocycles. The standard InChI is InChI=1S/C22H23N5O4S/c1-15-9-11-16(12-10-15)30-14-20-25-21(26-31-20)19-8-4-5-13-27(19)32(28,29)22-23-17-6-2-3-7-18(17)24-22/h2-3,6-7,9-12,19H,4-5,8,13-14H2,1H3,(H,23,24)/t19-/m0/s1. The molecule has 4 aromatic rings. The Balaban J connectivity index is 1.37. The predicted molar refractivity (Wildman–Crippen MR) is 116 cm³/mol. The van der Waals surface area contributed by atoms with Crippen molar-refractivity contribution in [3.63, 3.8) is 0 Å². The molecule has 1 aliphatic heterocycles. The van der Waals surface area contributed by atoms with Crippen molar-refractivity contribution >= 4 is 21.1 Å². The lowest BCUT2D eigenvalue weighted by Crippen LogP contribution is -2.39. The highest BCUT2D eigenvalue weighted by molar-refractivity contribution is 7.89. The molecule has 0 amide bonds. The molecule has 2 aromatic carbocycles. The van der Waals surface area contributed by atoms with Crippen LogP contribution in [-0.2, 0) is 16.6 Å². The van der Waals surface area contributed by atoms with Crippen LogP contribution in [0.3, 0.4) is 0 Å². The first-order chi connectivity index (χ1) is 15.5. The van der Waals surface area contributed by atoms with E-state index in [1.54, 1.807) is 12.1 Å². The van der Waals surface area contributed by atoms with Gasteiger partial charge in [0.05, 0.1) is 17.1 Å². The second-order valence-electron chi connectivity index (χ2n) is 7.83. The Morgan fingerprint density at radius 1 is 1.12 bits per heavy atom. The molecule has 0 unspecified atom stereocenters. The Bertz CT molecular complexity index is 1300. The molecule has 1 aliphatic rings. The Morgan fingerprint density at radius 2 is 1.94 bits per heavy atom. The molecule has 1 fully saturated rings. The summed E-state index contributed by atoms with van der Waals surface area (Å²) in [6.07, 6.45) is 2.25. The fourth-order valence-corrected chi connectivity index (χ4v) is 5.43. The zero-order valence-corrected chi connectivity index (χ0v) is 18.4. The van der Waals surface area contributed by atoms with Crippen LogP contribution in [0.5, 0.6) is 5.75 Å². The minimum atomic E-state index is -3.86. The summed E-state index contributed by atoms with van der Waals surface area (Å²) >= 11 is 0. The monoisotopic (exact) mass is 453 g/mol. The van der Waals surface area contributed by atoms with Crippen LogP contribution in [0, 0.1) is 6.92 Å². The zero-order chi connectivity index (χ0) is 22.1. The van der Waals surface area contributed by atoms with Crippen LogP contribution in [-0.4, -0.2) is 39.4 Å². The highest BCUT2D eigenvalue weighted by atomic mass is 32.2. The van der Waals surface area contributed by atoms with Gasteiger partial charge >= 0.3 is 0 Å². The van der Waals surface area contributed by atoms with Gasteiger partial charge < -0.3 is 14.2 Å². The molecule has 9 nitrogen and oxygen atoms in total. The number of nitrogens with zero attached hydrogens (tertiary/aromatic N) is 4. The van der Waals surface area contributed by atoms with Crippen molar-refractivity contribution in [1.29, 1.82) is 0 Å². The number of imidazole rings is 1. The number of hydrogen-bond acceptors (Lipinski definition) is 7. The molecule has 0 radical (unpaired) electrons. The van der Waals surface area contributed by atoms with Gasteiger partial charge in [-0.1, -0.05) is 41.4 Å². The van der Waals surface area contributed by atoms with Gasteiger partial charge in [0.15, 0.2) is 12.4 Å². The summed E-state index contributed by atoms with van der Waals surface area (Å²) in [6, 6.07) is 14.4. The normalized spacial score (nSPS) is 17.6. The summed E-state index contributed by atoms with van der Waals surface area (Å²) in [5, 5.41) is 3.99. The Morgan fingerprint density at radius 3 is 2.75 bits per heavy atom. The molecule has 1 N–H and O–H groups in total. The Labute approximate surface area is 185 Å². The summed E-state index contributed by atoms with van der Waals surface area (Å²) in [7, 11) is -3.86. The predicted octanol–water partition coefficient (Wildman–Crippen LogP) is 3.75. The van der Waals surface area contributed by atoms with Crippen LogP contribution in [0.25, 0.3) is 11.0 Å². The lowest BCUT2D eigenvalue weighted by Gasteiger charge is -2.31. The van der Waals surface area contributed by atoms with Crippen molar-refractivity contribution in [2.75, 3.05) is 6.54 Å². The van der Waals surface area contributed by atoms with Crippen molar-refractivity contribution in [2.45, 2.75) is 44.0 Å². The maximum absolute atomic E-state index is 13.4. The maximum Gasteiger partial charge on any atom is 0.277 e. The fraction of sp³-hybridized carbons (Fsp3) is 0.318. The average molecular weight is 454 g/mol. The second kappa shape index (κ2) is 8.36. The maximum atomic E-state index is 13.4. The average Bonchev–Trinajstić information content (AvgIpc) is 3.46. The van der Waals surface area contributed by atoms with Gasteiger partial charge in [0.25, 0.3) is 15.9 Å². The number of rotatable bonds is 6. The van der Waals surface area contributed by atoms with Crippen molar-refractivity contribution in [3.8, 4) is 5.75 Å². The number of benzene rings is 2. The second-order valence-corrected chi connectivity index (χ2v) is 9.64. The van der Waals surface area contributed by atoms with Crippen LogP contribution in [0.1, 0.15) is 42.6 Å². The van der Waals surface area contributed by atoms with E-state index in [0.717, 1.165) is 18.4 Å². The SMILES string of the molecule is Cc1ccc(OCc2nc([C@@H]3CCCCN3S(=O)(=O)c3nc4ccccc4[nH]3)no2)cc1. The van der Waals surface area contributed by atoms with E-state index >= 15 is 0 Å². The fourth-order valence-electron chi connectivity index (χ4n) is 3.85. The van der Waals surface area contributed by atoms with Crippen LogP contribution in [0.4, 0.5) is 0 Å². The van der Waals surface area contributed by atoms with Crippen molar-refractivity contribution < 1.29 is 17.7 Å². The minimum Gasteiger partial charge on any atom is -0.484 e. The summed E-state index contributed by atoms with van der Waals surface area (Å²) in [4.78, 5) is 11.6. The molecule has 32 heavy (non-hydrogen) atoms. The van der Waals surface area contributed by atoms with E-state index in [9.17, 15) is 8.42 Å². The zero-order valence-electron chi connectivity index (χ0n) is 17.6. The first-order valence-electron chi connectivity index (χ1n) is 10.5. The molecule has 10 heteroatoms. The van der Waals surface area contributed by atoms with E-state index in [0.29, 0.717) is 41.5 Å². The molecule has 2 aromatic heterocycles. The molecule has 5 rings (SSSR count). The summed E-state index contributed by atoms with van der Waals surface area (Å²) in [6.45, 7) is 2.48. The number of sulfonamides is 1. The van der Waals surface area contributed by atoms with Gasteiger partial charge in [-0.2, -0.15) is 9.29 Å². The van der Waals surface area contributed by atoms with Crippen molar-refractivity contribution in [2.24, 2.45) is 0 Å². The molecule has 0 aliphatic carbocycles. The van der Waals surface area contributed by atoms with Crippen LogP contribution >= 0.6 is 0 Å². The molecule has 166 valence electrons. The Hall–Kier alpha value is -3.24. The van der Waals surface area contributed by atoms with E-state index in [-0.39, 0.29) is 11.8 Å². The topological polar surface area (TPSA) is 114 Å². The van der Waals surface area contributed by atoms with Crippen LogP contribution in [0.2, 0.25) is 0 Å². The first-order valence-corrected chi connectivity index (χ1v) is 11.9. The first kappa shape index (κ1) is 20.7. The van der Waals surface area contributed by atoms with Crippen LogP contribution < -0.4 is 4.74 Å². The van der Waals surface area contributed by atoms with Gasteiger partial charge in [0.1, 0.15) is 5.75 Å². The van der Waals surface area contributed by atoms with E-state index in [1.165, 1.54) is 4.31 Å². The number of aromatic amines is 1. The number of H-pyrrole nitrogens is 1. The molecular formula is C22H23N5O4S. The molecule has 0 bridgehead atoms. The number of piperidine rings is 1. The highest BCUT2D eigenvalue weighted by Gasteiger charge is 2.38. The largest absolute Gasteiger partial charge is 0.484 e. The number of hydrogen-bond donors (Lipinski definition) is 1. The third kappa shape index (κ3) is 3.98. The van der Waals surface area contributed by atoms with Gasteiger partial charge in [-0.3, -0.25) is 0 Å². The third-order valence-corrected chi connectivity index (χ3v) is 7.28. The molecular weight excluding hydrogens is 430 g/mol. The van der Waals surface area contributed by atoms with Crippen molar-refractivity contribution in [3.05, 3.63) is 65.8 Å². The molecule has 1 saturated heterocycles. The number of para-hydroxylation sites is 2. The number of aromatic nitrogens is 4. The van der Waals surface area contributed by atoms with E-state index in [1.807, 2.05) is 43.3 Å². The molecule has 1 atom stereocenters. The van der Waals surface area contributed by atoms with E-state index in [4.69, 9.17) is 9.26 Å². The lowest BCUT2D eigenvalue weighted by molar-refractivity contribution is 0.231. The third-order valence-electron chi connectivity index (χ3n) is 5.54. The molecule has 0 spiro atoms. The summed E-state index contributed by atoms with van der Waals surface area (Å²) < 4.78 is 39.3. The smallest absolute Gasteiger partial charge is 0.277 e. The van der Waals surface area contributed by atoms with Gasteiger partial charge in [-0.15, -0.1) is 0 Å². The number of nitrogens with one attached hydrogen (secondary N) is 1. The van der Waals surface area contributed by atoms with Crippen LogP contribution in [0.15, 0.2) is 58.2 Å². The Kier molecular flexibility index (Phi) is 5.40. The van der Waals surface area contributed by atoms with Gasteiger partial charge in [0.2, 0.25) is 5.16 Å². The van der Waals surface area contributed by atoms with E-state index in [2.05, 4.69) is 20.1 Å². The molecule has 0 saturated carbocycles. The number of fused-ring (bicyclic) bond motifs is 1.